The van der Waals surface area contributed by atoms with Gasteiger partial charge in [-0.1, -0.05) is 6.92 Å². The van der Waals surface area contributed by atoms with Crippen LogP contribution in [0.2, 0.25) is 0 Å². The summed E-state index contributed by atoms with van der Waals surface area (Å²) in [6.07, 6.45) is -8.14. The molecule has 0 spiro atoms. The average Bonchev–Trinajstić information content (AvgIpc) is 2.91. The van der Waals surface area contributed by atoms with Crippen LogP contribution >= 0.6 is 0 Å². The fraction of sp³-hybridized carbons (Fsp3) is 0.765. The van der Waals surface area contributed by atoms with Crippen LogP contribution in [0.5, 0.6) is 0 Å². The molecule has 5 N–H and O–H groups in total. The highest BCUT2D eigenvalue weighted by Gasteiger charge is 2.63. The molecule has 158 valence electrons. The lowest BCUT2D eigenvalue weighted by Crippen LogP contribution is -2.61. The van der Waals surface area contributed by atoms with Crippen LogP contribution in [0.4, 0.5) is 0 Å². The van der Waals surface area contributed by atoms with E-state index in [1.807, 2.05) is 0 Å². The molecule has 2 heterocycles. The SMILES string of the molecule is COC(=O)C1=CO[C@H](O[C@H]2O[C@@H](CO)[C@H](O)[C@@H](O)[C@@H]2O)[C@H]2[C@H](C)CC(=O)[C@@]12O. The third-order valence-corrected chi connectivity index (χ3v) is 5.57. The minimum absolute atomic E-state index is 0.0482. The first-order chi connectivity index (χ1) is 13.2. The highest BCUT2D eigenvalue weighted by molar-refractivity contribution is 6.04. The number of fused-ring (bicyclic) bond motifs is 1. The smallest absolute Gasteiger partial charge is 0.340 e. The zero-order chi connectivity index (χ0) is 20.8. The number of Topliss-reactive ketones (excluding diaryl/α,β-unsaturated/α-hetero) is 1. The van der Waals surface area contributed by atoms with E-state index in [4.69, 9.17) is 14.2 Å². The van der Waals surface area contributed by atoms with Crippen LogP contribution in [0.25, 0.3) is 0 Å². The van der Waals surface area contributed by atoms with Crippen molar-refractivity contribution in [3.63, 3.8) is 0 Å². The zero-order valence-electron chi connectivity index (χ0n) is 15.3. The minimum Gasteiger partial charge on any atom is -0.471 e. The van der Waals surface area contributed by atoms with E-state index in [0.29, 0.717) is 0 Å². The Morgan fingerprint density at radius 1 is 1.25 bits per heavy atom. The fourth-order valence-electron chi connectivity index (χ4n) is 4.02. The van der Waals surface area contributed by atoms with Crippen LogP contribution in [0, 0.1) is 11.8 Å². The molecule has 1 saturated carbocycles. The first-order valence-corrected chi connectivity index (χ1v) is 8.82. The molecule has 11 nitrogen and oxygen atoms in total. The topological polar surface area (TPSA) is 172 Å². The Morgan fingerprint density at radius 2 is 1.93 bits per heavy atom. The van der Waals surface area contributed by atoms with E-state index in [9.17, 15) is 35.1 Å². The van der Waals surface area contributed by atoms with Crippen molar-refractivity contribution in [2.24, 2.45) is 11.8 Å². The number of hydrogen-bond donors (Lipinski definition) is 5. The minimum atomic E-state index is -2.20. The van der Waals surface area contributed by atoms with Gasteiger partial charge in [-0.15, -0.1) is 0 Å². The van der Waals surface area contributed by atoms with Gasteiger partial charge in [-0.25, -0.2) is 4.79 Å². The lowest BCUT2D eigenvalue weighted by Gasteiger charge is -2.44. The van der Waals surface area contributed by atoms with Crippen molar-refractivity contribution in [2.75, 3.05) is 13.7 Å². The predicted octanol–water partition coefficient (Wildman–Crippen LogP) is -2.83. The van der Waals surface area contributed by atoms with Gasteiger partial charge in [-0.3, -0.25) is 4.79 Å². The van der Waals surface area contributed by atoms with Crippen molar-refractivity contribution in [3.05, 3.63) is 11.8 Å². The van der Waals surface area contributed by atoms with Gasteiger partial charge in [0.2, 0.25) is 6.29 Å². The van der Waals surface area contributed by atoms with Gasteiger partial charge in [0.25, 0.3) is 0 Å². The van der Waals surface area contributed by atoms with E-state index in [1.54, 1.807) is 6.92 Å². The van der Waals surface area contributed by atoms with Crippen molar-refractivity contribution in [2.45, 2.75) is 55.9 Å². The monoisotopic (exact) mass is 404 g/mol. The van der Waals surface area contributed by atoms with Gasteiger partial charge < -0.3 is 44.5 Å². The summed E-state index contributed by atoms with van der Waals surface area (Å²) in [6.45, 7) is 1.01. The first kappa shape index (κ1) is 21.1. The summed E-state index contributed by atoms with van der Waals surface area (Å²) in [5.41, 5.74) is -2.56. The van der Waals surface area contributed by atoms with E-state index >= 15 is 0 Å². The van der Waals surface area contributed by atoms with Crippen LogP contribution in [0.3, 0.4) is 0 Å². The number of carbonyl (C=O) groups is 2. The second kappa shape index (κ2) is 7.67. The van der Waals surface area contributed by atoms with Gasteiger partial charge >= 0.3 is 5.97 Å². The Balaban J connectivity index is 1.88. The maximum Gasteiger partial charge on any atom is 0.340 e. The maximum absolute atomic E-state index is 12.5. The summed E-state index contributed by atoms with van der Waals surface area (Å²) in [4.78, 5) is 24.5. The van der Waals surface area contributed by atoms with Gasteiger partial charge in [0.1, 0.15) is 36.3 Å². The summed E-state index contributed by atoms with van der Waals surface area (Å²) in [7, 11) is 1.10. The molecule has 1 saturated heterocycles. The average molecular weight is 404 g/mol. The third kappa shape index (κ3) is 3.12. The lowest BCUT2D eigenvalue weighted by atomic mass is 9.79. The molecule has 0 aromatic carbocycles. The second-order valence-electron chi connectivity index (χ2n) is 7.26. The van der Waals surface area contributed by atoms with Crippen LogP contribution in [-0.2, 0) is 28.5 Å². The summed E-state index contributed by atoms with van der Waals surface area (Å²) in [5.74, 6) is -3.01. The predicted molar refractivity (Wildman–Crippen MR) is 87.1 cm³/mol. The number of rotatable bonds is 4. The molecule has 1 aliphatic carbocycles. The summed E-state index contributed by atoms with van der Waals surface area (Å²) in [5, 5.41) is 50.2. The van der Waals surface area contributed by atoms with Crippen LogP contribution in [-0.4, -0.2) is 93.6 Å². The molecule has 0 aromatic rings. The molecule has 3 aliphatic rings. The first-order valence-electron chi connectivity index (χ1n) is 8.82. The van der Waals surface area contributed by atoms with E-state index in [2.05, 4.69) is 4.74 Å². The third-order valence-electron chi connectivity index (χ3n) is 5.57. The lowest BCUT2D eigenvalue weighted by molar-refractivity contribution is -0.346. The van der Waals surface area contributed by atoms with E-state index < -0.39 is 72.8 Å². The molecule has 0 bridgehead atoms. The number of methoxy groups -OCH3 is 1. The largest absolute Gasteiger partial charge is 0.471 e. The van der Waals surface area contributed by atoms with Gasteiger partial charge in [0.05, 0.1) is 19.6 Å². The molecule has 2 aliphatic heterocycles. The molecule has 0 aromatic heterocycles. The normalized spacial score (nSPS) is 45.8. The van der Waals surface area contributed by atoms with Crippen molar-refractivity contribution in [1.29, 1.82) is 0 Å². The number of carbonyl (C=O) groups excluding carboxylic acids is 2. The van der Waals surface area contributed by atoms with Crippen molar-refractivity contribution in [3.8, 4) is 0 Å². The van der Waals surface area contributed by atoms with Crippen LogP contribution in [0.1, 0.15) is 13.3 Å². The highest BCUT2D eigenvalue weighted by atomic mass is 16.8. The number of aliphatic hydroxyl groups excluding tert-OH is 4. The Morgan fingerprint density at radius 3 is 2.54 bits per heavy atom. The van der Waals surface area contributed by atoms with E-state index in [0.717, 1.165) is 13.4 Å². The number of esters is 1. The molecule has 9 atom stereocenters. The Bertz CT molecular complexity index is 661. The molecule has 11 heteroatoms. The molecular weight excluding hydrogens is 380 g/mol. The number of aliphatic hydroxyl groups is 5. The van der Waals surface area contributed by atoms with Crippen molar-refractivity contribution in [1.82, 2.24) is 0 Å². The van der Waals surface area contributed by atoms with Crippen molar-refractivity contribution >= 4 is 11.8 Å². The highest BCUT2D eigenvalue weighted by Crippen LogP contribution is 2.48. The zero-order valence-corrected chi connectivity index (χ0v) is 15.3. The van der Waals surface area contributed by atoms with Gasteiger partial charge in [0, 0.05) is 6.42 Å². The van der Waals surface area contributed by atoms with Gasteiger partial charge in [-0.2, -0.15) is 0 Å². The number of hydrogen-bond acceptors (Lipinski definition) is 11. The molecule has 0 amide bonds. The van der Waals surface area contributed by atoms with Crippen molar-refractivity contribution < 1.29 is 54.1 Å². The molecular formula is C17H24O11. The van der Waals surface area contributed by atoms with E-state index in [1.165, 1.54) is 0 Å². The van der Waals surface area contributed by atoms with Crippen LogP contribution in [0.15, 0.2) is 11.8 Å². The Kier molecular flexibility index (Phi) is 5.79. The van der Waals surface area contributed by atoms with Gasteiger partial charge in [-0.05, 0) is 5.92 Å². The van der Waals surface area contributed by atoms with E-state index in [-0.39, 0.29) is 12.0 Å². The van der Waals surface area contributed by atoms with Gasteiger partial charge in [0.15, 0.2) is 17.7 Å². The molecule has 0 unspecified atom stereocenters. The standard InChI is InChI=1S/C17H24O11/c1-6-3-9(19)17(24)7(14(23)25-2)5-26-15(10(6)17)28-16-13(22)12(21)11(20)8(4-18)27-16/h5-6,8,10-13,15-16,18,20-22,24H,3-4H2,1-2H3/t6-,8+,10-,11+,12-,13+,15-,16-,17+/m1/s1. The second-order valence-corrected chi connectivity index (χ2v) is 7.26. The Labute approximate surface area is 160 Å². The Hall–Kier alpha value is -1.60. The summed E-state index contributed by atoms with van der Waals surface area (Å²) >= 11 is 0. The number of ether oxygens (including phenoxy) is 4. The summed E-state index contributed by atoms with van der Waals surface area (Å²) in [6, 6.07) is 0. The molecule has 3 rings (SSSR count). The number of ketones is 1. The molecule has 2 fully saturated rings. The van der Waals surface area contributed by atoms with Crippen LogP contribution < -0.4 is 0 Å². The molecule has 28 heavy (non-hydrogen) atoms. The fourth-order valence-corrected chi connectivity index (χ4v) is 4.02. The summed E-state index contributed by atoms with van der Waals surface area (Å²) < 4.78 is 20.9. The maximum atomic E-state index is 12.5. The molecule has 0 radical (unpaired) electrons. The quantitative estimate of drug-likeness (QED) is 0.306.